The van der Waals surface area contributed by atoms with Gasteiger partial charge in [-0.2, -0.15) is 8.42 Å². The van der Waals surface area contributed by atoms with Crippen molar-refractivity contribution in [2.75, 3.05) is 0 Å². The molecule has 1 aliphatic rings. The molecule has 1 fully saturated rings. The van der Waals surface area contributed by atoms with Crippen LogP contribution in [0.5, 0.6) is 0 Å². The van der Waals surface area contributed by atoms with Gasteiger partial charge in [0, 0.05) is 6.04 Å². The first-order chi connectivity index (χ1) is 7.00. The van der Waals surface area contributed by atoms with Crippen molar-refractivity contribution in [1.29, 1.82) is 0 Å². The molecule has 0 atom stereocenters. The Morgan fingerprint density at radius 1 is 1.06 bits per heavy atom. The summed E-state index contributed by atoms with van der Waals surface area (Å²) in [4.78, 5) is 0. The van der Waals surface area contributed by atoms with Crippen LogP contribution in [0.15, 0.2) is 0 Å². The maximum absolute atomic E-state index is 8.74. The maximum Gasteiger partial charge on any atom is 0.394 e. The molecule has 16 heavy (non-hydrogen) atoms. The Morgan fingerprint density at radius 2 is 1.38 bits per heavy atom. The fourth-order valence-electron chi connectivity index (χ4n) is 1.99. The van der Waals surface area contributed by atoms with E-state index in [0.717, 1.165) is 5.92 Å². The van der Waals surface area contributed by atoms with Crippen molar-refractivity contribution >= 4 is 10.4 Å². The molecule has 98 valence electrons. The lowest BCUT2D eigenvalue weighted by Gasteiger charge is -2.35. The molecule has 6 heteroatoms. The van der Waals surface area contributed by atoms with E-state index >= 15 is 0 Å². The van der Waals surface area contributed by atoms with Crippen molar-refractivity contribution in [2.24, 2.45) is 17.1 Å². The highest BCUT2D eigenvalue weighted by atomic mass is 32.3. The summed E-state index contributed by atoms with van der Waals surface area (Å²) in [5.74, 6) is 0.905. The zero-order valence-electron chi connectivity index (χ0n) is 10.2. The second kappa shape index (κ2) is 5.95. The summed E-state index contributed by atoms with van der Waals surface area (Å²) < 4.78 is 31.6. The van der Waals surface area contributed by atoms with Gasteiger partial charge in [0.05, 0.1) is 0 Å². The Bertz CT molecular complexity index is 278. The van der Waals surface area contributed by atoms with E-state index in [0.29, 0.717) is 11.5 Å². The first-order valence-electron chi connectivity index (χ1n) is 5.45. The average Bonchev–Trinajstić information content (AvgIpc) is 1.99. The normalized spacial score (nSPS) is 26.9. The predicted octanol–water partition coefficient (Wildman–Crippen LogP) is 1.90. The summed E-state index contributed by atoms with van der Waals surface area (Å²) in [7, 11) is -4.67. The highest BCUT2D eigenvalue weighted by molar-refractivity contribution is 7.79. The molecular formula is C10H23NO4S. The Labute approximate surface area is 98.0 Å². The van der Waals surface area contributed by atoms with E-state index in [4.69, 9.17) is 23.3 Å². The van der Waals surface area contributed by atoms with Crippen LogP contribution in [-0.4, -0.2) is 23.6 Å². The minimum absolute atomic E-state index is 0.494. The summed E-state index contributed by atoms with van der Waals surface area (Å²) in [6, 6.07) is 0.494. The molecule has 0 heterocycles. The zero-order chi connectivity index (χ0) is 13.0. The molecule has 0 radical (unpaired) electrons. The van der Waals surface area contributed by atoms with Crippen molar-refractivity contribution in [3.8, 4) is 0 Å². The molecular weight excluding hydrogens is 230 g/mol. The molecule has 0 amide bonds. The zero-order valence-corrected chi connectivity index (χ0v) is 11.0. The highest BCUT2D eigenvalue weighted by Gasteiger charge is 2.28. The second-order valence-corrected chi connectivity index (χ2v) is 6.32. The van der Waals surface area contributed by atoms with Crippen LogP contribution in [0.4, 0.5) is 0 Å². The molecule has 1 aliphatic carbocycles. The van der Waals surface area contributed by atoms with Crippen molar-refractivity contribution in [1.82, 2.24) is 0 Å². The van der Waals surface area contributed by atoms with E-state index in [1.807, 2.05) is 0 Å². The predicted molar refractivity (Wildman–Crippen MR) is 63.6 cm³/mol. The standard InChI is InChI=1S/C10H21N.H2O4S/c1-10(2,3)8-4-6-9(11)7-5-8;1-5(2,3)4/h8-9H,4-7,11H2,1-3H3;(H2,1,2,3,4). The third-order valence-corrected chi connectivity index (χ3v) is 3.00. The lowest BCUT2D eigenvalue weighted by atomic mass is 9.71. The molecule has 4 N–H and O–H groups in total. The number of hydrogen-bond donors (Lipinski definition) is 3. The maximum atomic E-state index is 8.74. The minimum atomic E-state index is -4.67. The van der Waals surface area contributed by atoms with E-state index in [9.17, 15) is 0 Å². The Kier molecular flexibility index (Phi) is 5.89. The van der Waals surface area contributed by atoms with Crippen molar-refractivity contribution in [3.63, 3.8) is 0 Å². The van der Waals surface area contributed by atoms with Gasteiger partial charge in [-0.1, -0.05) is 20.8 Å². The van der Waals surface area contributed by atoms with Crippen molar-refractivity contribution in [3.05, 3.63) is 0 Å². The lowest BCUT2D eigenvalue weighted by molar-refractivity contribution is 0.170. The molecule has 0 saturated heterocycles. The Morgan fingerprint density at radius 3 is 1.62 bits per heavy atom. The molecule has 0 aromatic rings. The second-order valence-electron chi connectivity index (χ2n) is 5.43. The average molecular weight is 253 g/mol. The molecule has 0 aromatic heterocycles. The van der Waals surface area contributed by atoms with Gasteiger partial charge < -0.3 is 5.73 Å². The molecule has 0 spiro atoms. The summed E-state index contributed by atoms with van der Waals surface area (Å²) in [6.45, 7) is 7.03. The third kappa shape index (κ3) is 9.08. The van der Waals surface area contributed by atoms with Crippen molar-refractivity contribution in [2.45, 2.75) is 52.5 Å². The summed E-state index contributed by atoms with van der Waals surface area (Å²) >= 11 is 0. The van der Waals surface area contributed by atoms with Gasteiger partial charge >= 0.3 is 10.4 Å². The van der Waals surface area contributed by atoms with E-state index in [-0.39, 0.29) is 0 Å². The van der Waals surface area contributed by atoms with E-state index in [1.165, 1.54) is 25.7 Å². The summed E-state index contributed by atoms with van der Waals surface area (Å²) in [5, 5.41) is 0. The Hall–Kier alpha value is -0.170. The van der Waals surface area contributed by atoms with Gasteiger partial charge in [-0.25, -0.2) is 0 Å². The largest absolute Gasteiger partial charge is 0.394 e. The van der Waals surface area contributed by atoms with Crippen LogP contribution in [0.1, 0.15) is 46.5 Å². The molecule has 0 aromatic carbocycles. The smallest absolute Gasteiger partial charge is 0.328 e. The highest BCUT2D eigenvalue weighted by Crippen LogP contribution is 2.37. The van der Waals surface area contributed by atoms with E-state index < -0.39 is 10.4 Å². The van der Waals surface area contributed by atoms with Crippen molar-refractivity contribution < 1.29 is 17.5 Å². The van der Waals surface area contributed by atoms with Crippen LogP contribution in [0, 0.1) is 11.3 Å². The number of rotatable bonds is 0. The van der Waals surface area contributed by atoms with Crippen LogP contribution in [-0.2, 0) is 10.4 Å². The Balaban J connectivity index is 0.000000385. The molecule has 1 rings (SSSR count). The van der Waals surface area contributed by atoms with Gasteiger partial charge in [0.15, 0.2) is 0 Å². The van der Waals surface area contributed by atoms with Crippen LogP contribution in [0.3, 0.4) is 0 Å². The van der Waals surface area contributed by atoms with Crippen LogP contribution in [0.2, 0.25) is 0 Å². The third-order valence-electron chi connectivity index (χ3n) is 3.00. The first-order valence-corrected chi connectivity index (χ1v) is 6.85. The number of nitrogens with two attached hydrogens (primary N) is 1. The lowest BCUT2D eigenvalue weighted by Crippen LogP contribution is -2.31. The SMILES string of the molecule is CC(C)(C)C1CCC(N)CC1.O=S(=O)(O)O. The number of hydrogen-bond acceptors (Lipinski definition) is 3. The first kappa shape index (κ1) is 15.8. The molecule has 5 nitrogen and oxygen atoms in total. The van der Waals surface area contributed by atoms with Crippen LogP contribution < -0.4 is 5.73 Å². The quantitative estimate of drug-likeness (QED) is 0.572. The molecule has 0 unspecified atom stereocenters. The minimum Gasteiger partial charge on any atom is -0.328 e. The van der Waals surface area contributed by atoms with Gasteiger partial charge in [0.1, 0.15) is 0 Å². The summed E-state index contributed by atoms with van der Waals surface area (Å²) in [6.07, 6.45) is 5.15. The van der Waals surface area contributed by atoms with Gasteiger partial charge in [-0.05, 0) is 37.0 Å². The monoisotopic (exact) mass is 253 g/mol. The van der Waals surface area contributed by atoms with Gasteiger partial charge in [-0.3, -0.25) is 9.11 Å². The molecule has 0 bridgehead atoms. The molecule has 1 saturated carbocycles. The van der Waals surface area contributed by atoms with E-state index in [1.54, 1.807) is 0 Å². The van der Waals surface area contributed by atoms with E-state index in [2.05, 4.69) is 20.8 Å². The summed E-state index contributed by atoms with van der Waals surface area (Å²) in [5.41, 5.74) is 6.34. The van der Waals surface area contributed by atoms with Gasteiger partial charge in [-0.15, -0.1) is 0 Å². The van der Waals surface area contributed by atoms with Gasteiger partial charge in [0.2, 0.25) is 0 Å². The van der Waals surface area contributed by atoms with Crippen LogP contribution in [0.25, 0.3) is 0 Å². The topological polar surface area (TPSA) is 101 Å². The molecule has 0 aliphatic heterocycles. The fourth-order valence-corrected chi connectivity index (χ4v) is 1.99. The van der Waals surface area contributed by atoms with Crippen LogP contribution >= 0.6 is 0 Å². The van der Waals surface area contributed by atoms with Gasteiger partial charge in [0.25, 0.3) is 0 Å². The fraction of sp³-hybridized carbons (Fsp3) is 1.00.